The third-order valence-corrected chi connectivity index (χ3v) is 5.92. The number of rotatable bonds is 4. The van der Waals surface area contributed by atoms with Gasteiger partial charge in [0.05, 0.1) is 23.9 Å². The van der Waals surface area contributed by atoms with Crippen molar-refractivity contribution in [3.05, 3.63) is 27.1 Å². The number of aryl methyl sites for hydroxylation is 2. The molecular weight excluding hydrogens is 284 g/mol. The van der Waals surface area contributed by atoms with E-state index < -0.39 is 5.60 Å². The van der Waals surface area contributed by atoms with Crippen LogP contribution in [0.3, 0.4) is 0 Å². The quantitative estimate of drug-likeness (QED) is 0.945. The Bertz CT molecular complexity index is 713. The molecule has 0 aromatic carbocycles. The maximum Gasteiger partial charge on any atom is 0.262 e. The minimum absolute atomic E-state index is 0.0136. The van der Waals surface area contributed by atoms with Gasteiger partial charge in [0.25, 0.3) is 5.56 Å². The summed E-state index contributed by atoms with van der Waals surface area (Å²) in [5.41, 5.74) is 0.402. The Labute approximate surface area is 128 Å². The third kappa shape index (κ3) is 2.53. The van der Waals surface area contributed by atoms with Crippen LogP contribution in [0.25, 0.3) is 10.2 Å². The summed E-state index contributed by atoms with van der Waals surface area (Å²) in [6, 6.07) is 0. The smallest absolute Gasteiger partial charge is 0.262 e. The molecule has 0 atom stereocenters. The Kier molecular flexibility index (Phi) is 3.88. The van der Waals surface area contributed by atoms with E-state index in [4.69, 9.17) is 0 Å². The lowest BCUT2D eigenvalue weighted by Crippen LogP contribution is -2.37. The highest BCUT2D eigenvalue weighted by molar-refractivity contribution is 7.18. The molecule has 0 spiro atoms. The van der Waals surface area contributed by atoms with Crippen LogP contribution < -0.4 is 5.56 Å². The topological polar surface area (TPSA) is 55.1 Å². The maximum absolute atomic E-state index is 12.8. The standard InChI is InChI=1S/C16H22N2O2S/c1-3-16(20,4-2)9-18-10-17-14-13(15(18)19)11-7-5-6-8-12(11)21-14/h10,20H,3-9H2,1-2H3. The second kappa shape index (κ2) is 5.54. The molecule has 3 rings (SSSR count). The van der Waals surface area contributed by atoms with Crippen molar-refractivity contribution in [2.45, 2.75) is 64.5 Å². The number of hydrogen-bond donors (Lipinski definition) is 1. The van der Waals surface area contributed by atoms with Crippen LogP contribution in [0, 0.1) is 0 Å². The zero-order chi connectivity index (χ0) is 15.0. The molecule has 4 nitrogen and oxygen atoms in total. The number of nitrogens with zero attached hydrogens (tertiary/aromatic N) is 2. The number of aromatic nitrogens is 2. The second-order valence-electron chi connectivity index (χ2n) is 6.00. The molecule has 0 radical (unpaired) electrons. The molecule has 0 bridgehead atoms. The molecule has 2 heterocycles. The summed E-state index contributed by atoms with van der Waals surface area (Å²) >= 11 is 1.67. The average Bonchev–Trinajstić information content (AvgIpc) is 2.89. The lowest BCUT2D eigenvalue weighted by Gasteiger charge is -2.25. The monoisotopic (exact) mass is 306 g/mol. The Morgan fingerprint density at radius 2 is 2.05 bits per heavy atom. The SMILES string of the molecule is CCC(O)(CC)Cn1cnc2sc3c(c2c1=O)CCCC3. The first-order valence-corrected chi connectivity index (χ1v) is 8.61. The molecule has 2 aromatic heterocycles. The van der Waals surface area contributed by atoms with Crippen LogP contribution in [0.4, 0.5) is 0 Å². The van der Waals surface area contributed by atoms with Crippen molar-refractivity contribution in [3.8, 4) is 0 Å². The van der Waals surface area contributed by atoms with Crippen LogP contribution in [0.2, 0.25) is 0 Å². The summed E-state index contributed by atoms with van der Waals surface area (Å²) in [4.78, 5) is 19.5. The third-order valence-electron chi connectivity index (χ3n) is 4.72. The largest absolute Gasteiger partial charge is 0.388 e. The van der Waals surface area contributed by atoms with Crippen LogP contribution in [-0.2, 0) is 19.4 Å². The van der Waals surface area contributed by atoms with E-state index in [-0.39, 0.29) is 5.56 Å². The van der Waals surface area contributed by atoms with Crippen molar-refractivity contribution in [2.24, 2.45) is 0 Å². The summed E-state index contributed by atoms with van der Waals surface area (Å²) in [5.74, 6) is 0. The molecule has 1 aliphatic rings. The van der Waals surface area contributed by atoms with Gasteiger partial charge in [0.2, 0.25) is 0 Å². The Morgan fingerprint density at radius 1 is 1.33 bits per heavy atom. The van der Waals surface area contributed by atoms with Gasteiger partial charge in [-0.3, -0.25) is 9.36 Å². The zero-order valence-corrected chi connectivity index (χ0v) is 13.5. The van der Waals surface area contributed by atoms with E-state index in [1.54, 1.807) is 22.2 Å². The van der Waals surface area contributed by atoms with Crippen molar-refractivity contribution in [1.82, 2.24) is 9.55 Å². The number of thiophene rings is 1. The van der Waals surface area contributed by atoms with E-state index >= 15 is 0 Å². The minimum atomic E-state index is -0.824. The van der Waals surface area contributed by atoms with E-state index in [1.807, 2.05) is 13.8 Å². The van der Waals surface area contributed by atoms with E-state index in [0.717, 1.165) is 29.5 Å². The summed E-state index contributed by atoms with van der Waals surface area (Å²) in [6.45, 7) is 4.23. The molecule has 0 amide bonds. The lowest BCUT2D eigenvalue weighted by molar-refractivity contribution is 0.0140. The van der Waals surface area contributed by atoms with Crippen molar-refractivity contribution >= 4 is 21.6 Å². The van der Waals surface area contributed by atoms with Gasteiger partial charge in [0.1, 0.15) is 4.83 Å². The molecule has 0 unspecified atom stereocenters. The van der Waals surface area contributed by atoms with Crippen molar-refractivity contribution in [3.63, 3.8) is 0 Å². The normalized spacial score (nSPS) is 15.4. The highest BCUT2D eigenvalue weighted by Gasteiger charge is 2.25. The minimum Gasteiger partial charge on any atom is -0.388 e. The van der Waals surface area contributed by atoms with Crippen LogP contribution in [0.1, 0.15) is 50.0 Å². The van der Waals surface area contributed by atoms with Gasteiger partial charge >= 0.3 is 0 Å². The highest BCUT2D eigenvalue weighted by atomic mass is 32.1. The Balaban J connectivity index is 2.10. The Morgan fingerprint density at radius 3 is 2.76 bits per heavy atom. The molecule has 21 heavy (non-hydrogen) atoms. The molecule has 0 fully saturated rings. The predicted octanol–water partition coefficient (Wildman–Crippen LogP) is 2.89. The molecule has 1 N–H and O–H groups in total. The zero-order valence-electron chi connectivity index (χ0n) is 12.7. The van der Waals surface area contributed by atoms with Crippen LogP contribution >= 0.6 is 11.3 Å². The molecule has 5 heteroatoms. The number of fused-ring (bicyclic) bond motifs is 3. The first-order chi connectivity index (χ1) is 10.1. The van der Waals surface area contributed by atoms with E-state index in [1.165, 1.54) is 16.9 Å². The van der Waals surface area contributed by atoms with Crippen LogP contribution in [-0.4, -0.2) is 20.3 Å². The Hall–Kier alpha value is -1.20. The number of hydrogen-bond acceptors (Lipinski definition) is 4. The van der Waals surface area contributed by atoms with Crippen LogP contribution in [0.5, 0.6) is 0 Å². The summed E-state index contributed by atoms with van der Waals surface area (Å²) in [6.07, 6.45) is 7.29. The van der Waals surface area contributed by atoms with Gasteiger partial charge < -0.3 is 5.11 Å². The molecule has 2 aromatic rings. The first-order valence-electron chi connectivity index (χ1n) is 7.80. The molecule has 0 saturated carbocycles. The molecule has 114 valence electrons. The highest BCUT2D eigenvalue weighted by Crippen LogP contribution is 2.33. The summed E-state index contributed by atoms with van der Waals surface area (Å²) in [7, 11) is 0. The van der Waals surface area contributed by atoms with Gasteiger partial charge in [0.15, 0.2) is 0 Å². The predicted molar refractivity (Wildman–Crippen MR) is 86.1 cm³/mol. The number of aliphatic hydroxyl groups is 1. The van der Waals surface area contributed by atoms with Crippen molar-refractivity contribution in [1.29, 1.82) is 0 Å². The van der Waals surface area contributed by atoms with Gasteiger partial charge in [0, 0.05) is 4.88 Å². The average molecular weight is 306 g/mol. The fourth-order valence-electron chi connectivity index (χ4n) is 3.08. The van der Waals surface area contributed by atoms with Gasteiger partial charge in [-0.15, -0.1) is 11.3 Å². The van der Waals surface area contributed by atoms with Crippen LogP contribution in [0.15, 0.2) is 11.1 Å². The summed E-state index contributed by atoms with van der Waals surface area (Å²) in [5, 5.41) is 11.3. The summed E-state index contributed by atoms with van der Waals surface area (Å²) < 4.78 is 1.59. The van der Waals surface area contributed by atoms with Gasteiger partial charge in [-0.25, -0.2) is 4.98 Å². The maximum atomic E-state index is 12.8. The van der Waals surface area contributed by atoms with Crippen molar-refractivity contribution < 1.29 is 5.11 Å². The molecule has 1 aliphatic carbocycles. The van der Waals surface area contributed by atoms with Gasteiger partial charge in [-0.2, -0.15) is 0 Å². The fraction of sp³-hybridized carbons (Fsp3) is 0.625. The van der Waals surface area contributed by atoms with Gasteiger partial charge in [-0.05, 0) is 44.1 Å². The van der Waals surface area contributed by atoms with Crippen molar-refractivity contribution in [2.75, 3.05) is 0 Å². The molecule has 0 aliphatic heterocycles. The molecule has 0 saturated heterocycles. The van der Waals surface area contributed by atoms with E-state index in [9.17, 15) is 9.90 Å². The fourth-order valence-corrected chi connectivity index (χ4v) is 4.30. The first kappa shape index (κ1) is 14.7. The van der Waals surface area contributed by atoms with E-state index in [0.29, 0.717) is 19.4 Å². The second-order valence-corrected chi connectivity index (χ2v) is 7.08. The van der Waals surface area contributed by atoms with Gasteiger partial charge in [-0.1, -0.05) is 13.8 Å². The van der Waals surface area contributed by atoms with E-state index in [2.05, 4.69) is 4.98 Å². The lowest BCUT2D eigenvalue weighted by atomic mass is 9.96. The molecular formula is C16H22N2O2S.